The fourth-order valence-electron chi connectivity index (χ4n) is 1.17. The second-order valence-corrected chi connectivity index (χ2v) is 2.72. The molecule has 0 spiro atoms. The van der Waals surface area contributed by atoms with Crippen LogP contribution in [-0.4, -0.2) is 4.98 Å². The lowest BCUT2D eigenvalue weighted by molar-refractivity contribution is 0.518. The minimum Gasteiger partial charge on any atom is -0.437 e. The molecule has 0 amide bonds. The summed E-state index contributed by atoms with van der Waals surface area (Å²) >= 11 is 0. The lowest BCUT2D eigenvalue weighted by Crippen LogP contribution is -1.81. The minimum absolute atomic E-state index is 0.278. The molecule has 65 valence electrons. The fourth-order valence-corrected chi connectivity index (χ4v) is 1.17. The van der Waals surface area contributed by atoms with Crippen molar-refractivity contribution in [3.8, 4) is 11.3 Å². The van der Waals surface area contributed by atoms with Crippen LogP contribution in [0.1, 0.15) is 5.76 Å². The van der Waals surface area contributed by atoms with E-state index in [9.17, 15) is 4.39 Å². The number of hydrogen-bond acceptors (Lipinski definition) is 2. The van der Waals surface area contributed by atoms with Crippen molar-refractivity contribution < 1.29 is 8.81 Å². The first kappa shape index (κ1) is 7.98. The van der Waals surface area contributed by atoms with Gasteiger partial charge in [-0.1, -0.05) is 12.1 Å². The number of benzene rings is 1. The van der Waals surface area contributed by atoms with E-state index in [0.717, 1.165) is 0 Å². The topological polar surface area (TPSA) is 26.0 Å². The molecule has 1 heterocycles. The van der Waals surface area contributed by atoms with Gasteiger partial charge in [0.1, 0.15) is 17.3 Å². The zero-order valence-corrected chi connectivity index (χ0v) is 7.04. The van der Waals surface area contributed by atoms with E-state index < -0.39 is 0 Å². The maximum atomic E-state index is 12.8. The maximum absolute atomic E-state index is 12.8. The molecule has 0 fully saturated rings. The molecule has 1 aromatic heterocycles. The SMILES string of the molecule is Cc1o[c]nc1-c1cccc(F)c1. The van der Waals surface area contributed by atoms with E-state index in [0.29, 0.717) is 17.0 Å². The summed E-state index contributed by atoms with van der Waals surface area (Å²) in [5, 5.41) is 0. The molecule has 0 N–H and O–H groups in total. The molecule has 13 heavy (non-hydrogen) atoms. The lowest BCUT2D eigenvalue weighted by atomic mass is 10.1. The van der Waals surface area contributed by atoms with Gasteiger partial charge in [-0.15, -0.1) is 0 Å². The summed E-state index contributed by atoms with van der Waals surface area (Å²) in [4.78, 5) is 3.87. The summed E-state index contributed by atoms with van der Waals surface area (Å²) in [5.41, 5.74) is 1.35. The standard InChI is InChI=1S/C10H7FNO/c1-7-10(12-6-13-7)8-3-2-4-9(11)5-8/h2-5H,1H3. The molecule has 0 aliphatic heterocycles. The van der Waals surface area contributed by atoms with E-state index in [1.807, 2.05) is 0 Å². The Morgan fingerprint density at radius 2 is 2.31 bits per heavy atom. The van der Waals surface area contributed by atoms with E-state index >= 15 is 0 Å². The molecule has 0 unspecified atom stereocenters. The van der Waals surface area contributed by atoms with Gasteiger partial charge in [0.15, 0.2) is 0 Å². The Kier molecular flexibility index (Phi) is 1.85. The van der Waals surface area contributed by atoms with Gasteiger partial charge in [0.25, 0.3) is 6.39 Å². The Morgan fingerprint density at radius 3 is 2.92 bits per heavy atom. The zero-order valence-electron chi connectivity index (χ0n) is 7.04. The van der Waals surface area contributed by atoms with Crippen LogP contribution < -0.4 is 0 Å². The van der Waals surface area contributed by atoms with Crippen LogP contribution in [0.5, 0.6) is 0 Å². The largest absolute Gasteiger partial charge is 0.437 e. The molecule has 1 aromatic carbocycles. The Balaban J connectivity index is 2.53. The molecular weight excluding hydrogens is 169 g/mol. The van der Waals surface area contributed by atoms with Gasteiger partial charge in [-0.3, -0.25) is 0 Å². The van der Waals surface area contributed by atoms with Crippen LogP contribution >= 0.6 is 0 Å². The van der Waals surface area contributed by atoms with Crippen molar-refractivity contribution in [2.45, 2.75) is 6.92 Å². The second kappa shape index (κ2) is 3.01. The average molecular weight is 176 g/mol. The molecule has 0 atom stereocenters. The third-order valence-corrected chi connectivity index (χ3v) is 1.79. The highest BCUT2D eigenvalue weighted by atomic mass is 19.1. The molecule has 0 saturated heterocycles. The van der Waals surface area contributed by atoms with Crippen LogP contribution in [0.25, 0.3) is 11.3 Å². The highest BCUT2D eigenvalue weighted by Crippen LogP contribution is 2.21. The van der Waals surface area contributed by atoms with Crippen LogP contribution in [0.3, 0.4) is 0 Å². The van der Waals surface area contributed by atoms with Crippen molar-refractivity contribution in [2.75, 3.05) is 0 Å². The molecule has 0 aliphatic rings. The monoisotopic (exact) mass is 176 g/mol. The van der Waals surface area contributed by atoms with Gasteiger partial charge in [-0.05, 0) is 19.1 Å². The molecular formula is C10H7FNO. The quantitative estimate of drug-likeness (QED) is 0.667. The smallest absolute Gasteiger partial charge is 0.284 e. The first-order valence-corrected chi connectivity index (χ1v) is 3.87. The van der Waals surface area contributed by atoms with Crippen LogP contribution in [-0.2, 0) is 0 Å². The van der Waals surface area contributed by atoms with Crippen LogP contribution in [0, 0.1) is 19.1 Å². The molecule has 2 rings (SSSR count). The summed E-state index contributed by atoms with van der Waals surface area (Å²) in [5.74, 6) is 0.366. The maximum Gasteiger partial charge on any atom is 0.284 e. The Hall–Kier alpha value is -1.64. The highest BCUT2D eigenvalue weighted by molar-refractivity contribution is 5.60. The molecule has 0 aliphatic carbocycles. The molecule has 3 heteroatoms. The summed E-state index contributed by atoms with van der Waals surface area (Å²) in [7, 11) is 0. The van der Waals surface area contributed by atoms with E-state index in [2.05, 4.69) is 11.4 Å². The average Bonchev–Trinajstić information content (AvgIpc) is 2.51. The van der Waals surface area contributed by atoms with Crippen molar-refractivity contribution in [1.82, 2.24) is 4.98 Å². The van der Waals surface area contributed by atoms with Crippen molar-refractivity contribution in [2.24, 2.45) is 0 Å². The summed E-state index contributed by atoms with van der Waals surface area (Å²) in [6.45, 7) is 1.77. The van der Waals surface area contributed by atoms with Gasteiger partial charge in [-0.2, -0.15) is 0 Å². The Bertz CT molecular complexity index is 422. The van der Waals surface area contributed by atoms with Crippen molar-refractivity contribution >= 4 is 0 Å². The first-order chi connectivity index (χ1) is 6.27. The number of rotatable bonds is 1. The molecule has 2 nitrogen and oxygen atoms in total. The predicted octanol–water partition coefficient (Wildman–Crippen LogP) is 2.59. The van der Waals surface area contributed by atoms with E-state index in [1.165, 1.54) is 12.1 Å². The minimum atomic E-state index is -0.278. The van der Waals surface area contributed by atoms with Crippen LogP contribution in [0.4, 0.5) is 4.39 Å². The summed E-state index contributed by atoms with van der Waals surface area (Å²) in [6.07, 6.45) is 2.37. The number of aromatic nitrogens is 1. The second-order valence-electron chi connectivity index (χ2n) is 2.72. The normalized spacial score (nSPS) is 10.3. The third kappa shape index (κ3) is 1.45. The fraction of sp³-hybridized carbons (Fsp3) is 0.100. The summed E-state index contributed by atoms with van der Waals surface area (Å²) in [6, 6.07) is 6.22. The van der Waals surface area contributed by atoms with E-state index in [1.54, 1.807) is 19.1 Å². The zero-order chi connectivity index (χ0) is 9.26. The molecule has 0 saturated carbocycles. The van der Waals surface area contributed by atoms with Crippen molar-refractivity contribution in [3.63, 3.8) is 0 Å². The van der Waals surface area contributed by atoms with Gasteiger partial charge in [0, 0.05) is 5.56 Å². The predicted molar refractivity (Wildman–Crippen MR) is 45.5 cm³/mol. The first-order valence-electron chi connectivity index (χ1n) is 3.87. The number of halogens is 1. The number of aryl methyl sites for hydroxylation is 1. The molecule has 2 aromatic rings. The lowest BCUT2D eigenvalue weighted by Gasteiger charge is -1.96. The highest BCUT2D eigenvalue weighted by Gasteiger charge is 2.06. The van der Waals surface area contributed by atoms with Gasteiger partial charge < -0.3 is 4.42 Å². The van der Waals surface area contributed by atoms with Gasteiger partial charge in [-0.25, -0.2) is 9.37 Å². The number of hydrogen-bond donors (Lipinski definition) is 0. The molecule has 0 bridgehead atoms. The van der Waals surface area contributed by atoms with Crippen molar-refractivity contribution in [3.05, 3.63) is 42.2 Å². The summed E-state index contributed by atoms with van der Waals surface area (Å²) < 4.78 is 17.7. The Labute approximate surface area is 75.0 Å². The van der Waals surface area contributed by atoms with Gasteiger partial charge in [0.2, 0.25) is 0 Å². The van der Waals surface area contributed by atoms with Crippen molar-refractivity contribution in [1.29, 1.82) is 0 Å². The van der Waals surface area contributed by atoms with Gasteiger partial charge >= 0.3 is 0 Å². The van der Waals surface area contributed by atoms with E-state index in [4.69, 9.17) is 4.42 Å². The van der Waals surface area contributed by atoms with Crippen LogP contribution in [0.15, 0.2) is 28.7 Å². The van der Waals surface area contributed by atoms with Gasteiger partial charge in [0.05, 0.1) is 0 Å². The Morgan fingerprint density at radius 1 is 1.46 bits per heavy atom. The number of oxazole rings is 1. The van der Waals surface area contributed by atoms with E-state index in [-0.39, 0.29) is 5.82 Å². The molecule has 1 radical (unpaired) electrons. The van der Waals surface area contributed by atoms with Crippen LogP contribution in [0.2, 0.25) is 0 Å². The third-order valence-electron chi connectivity index (χ3n) is 1.79. The number of nitrogens with zero attached hydrogens (tertiary/aromatic N) is 1.